The van der Waals surface area contributed by atoms with Gasteiger partial charge in [0.05, 0.1) is 23.9 Å². The Labute approximate surface area is 143 Å². The first-order chi connectivity index (χ1) is 11.5. The number of allylic oxidation sites excluding steroid dienone is 1. The molecule has 0 bridgehead atoms. The fourth-order valence-electron chi connectivity index (χ4n) is 1.86. The van der Waals surface area contributed by atoms with Gasteiger partial charge >= 0.3 is 0 Å². The molecule has 1 unspecified atom stereocenters. The summed E-state index contributed by atoms with van der Waals surface area (Å²) >= 11 is 1.45. The van der Waals surface area contributed by atoms with E-state index in [2.05, 4.69) is 10.3 Å². The summed E-state index contributed by atoms with van der Waals surface area (Å²) in [6, 6.07) is 8.33. The second kappa shape index (κ2) is 8.04. The van der Waals surface area contributed by atoms with E-state index >= 15 is 0 Å². The van der Waals surface area contributed by atoms with Crippen LogP contribution >= 0.6 is 11.3 Å². The van der Waals surface area contributed by atoms with Gasteiger partial charge in [0, 0.05) is 11.1 Å². The van der Waals surface area contributed by atoms with Gasteiger partial charge in [-0.2, -0.15) is 5.26 Å². The number of methoxy groups -OCH3 is 1. The van der Waals surface area contributed by atoms with E-state index in [9.17, 15) is 9.59 Å². The maximum Gasteiger partial charge on any atom is 0.249 e. The zero-order valence-electron chi connectivity index (χ0n) is 13.1. The Morgan fingerprint density at radius 3 is 2.62 bits per heavy atom. The molecule has 0 aliphatic carbocycles. The summed E-state index contributed by atoms with van der Waals surface area (Å²) in [5.41, 5.74) is 1.10. The van der Waals surface area contributed by atoms with Gasteiger partial charge in [-0.1, -0.05) is 0 Å². The summed E-state index contributed by atoms with van der Waals surface area (Å²) in [6.45, 7) is 1.85. The quantitative estimate of drug-likeness (QED) is 0.644. The third kappa shape index (κ3) is 4.51. The van der Waals surface area contributed by atoms with Gasteiger partial charge < -0.3 is 10.1 Å². The molecule has 7 heteroatoms. The van der Waals surface area contributed by atoms with Crippen molar-refractivity contribution in [3.05, 3.63) is 46.4 Å². The lowest BCUT2D eigenvalue weighted by molar-refractivity contribution is -0.126. The minimum absolute atomic E-state index is 0.480. The average Bonchev–Trinajstić information content (AvgIpc) is 3.00. The fraction of sp³-hybridized carbons (Fsp3) is 0.176. The highest BCUT2D eigenvalue weighted by Gasteiger charge is 2.24. The molecule has 2 rings (SSSR count). The SMILES string of the molecule is COc1ccc(NC(=O)C(C#N)C(=O)C=Cc2csc(C)n2)cc1. The maximum atomic E-state index is 12.1. The van der Waals surface area contributed by atoms with Crippen LogP contribution in [0, 0.1) is 24.2 Å². The van der Waals surface area contributed by atoms with E-state index in [0.717, 1.165) is 5.01 Å². The summed E-state index contributed by atoms with van der Waals surface area (Å²) < 4.78 is 5.02. The fourth-order valence-corrected chi connectivity index (χ4v) is 2.44. The summed E-state index contributed by atoms with van der Waals surface area (Å²) in [6.07, 6.45) is 2.70. The zero-order valence-corrected chi connectivity index (χ0v) is 14.0. The molecule has 0 saturated heterocycles. The largest absolute Gasteiger partial charge is 0.497 e. The number of nitrogens with one attached hydrogen (secondary N) is 1. The number of anilines is 1. The van der Waals surface area contributed by atoms with Gasteiger partial charge in [0.25, 0.3) is 0 Å². The first kappa shape index (κ1) is 17.4. The number of thiazole rings is 1. The van der Waals surface area contributed by atoms with Crippen molar-refractivity contribution < 1.29 is 14.3 Å². The molecule has 24 heavy (non-hydrogen) atoms. The van der Waals surface area contributed by atoms with Crippen LogP contribution in [0.15, 0.2) is 35.7 Å². The smallest absolute Gasteiger partial charge is 0.249 e. The van der Waals surface area contributed by atoms with Crippen LogP contribution in [0.1, 0.15) is 10.7 Å². The van der Waals surface area contributed by atoms with Crippen molar-refractivity contribution in [1.82, 2.24) is 4.98 Å². The van der Waals surface area contributed by atoms with Gasteiger partial charge in [0.2, 0.25) is 5.91 Å². The molecule has 1 N–H and O–H groups in total. The van der Waals surface area contributed by atoms with Crippen LogP contribution in [-0.2, 0) is 9.59 Å². The van der Waals surface area contributed by atoms with Crippen molar-refractivity contribution in [3.8, 4) is 11.8 Å². The van der Waals surface area contributed by atoms with Gasteiger partial charge in [-0.15, -0.1) is 11.3 Å². The molecule has 2 aromatic rings. The van der Waals surface area contributed by atoms with Crippen LogP contribution in [-0.4, -0.2) is 23.8 Å². The van der Waals surface area contributed by atoms with Crippen LogP contribution in [0.3, 0.4) is 0 Å². The predicted molar refractivity (Wildman–Crippen MR) is 91.6 cm³/mol. The Morgan fingerprint density at radius 2 is 2.08 bits per heavy atom. The van der Waals surface area contributed by atoms with Gasteiger partial charge in [-0.05, 0) is 43.3 Å². The molecule has 0 fully saturated rings. The van der Waals surface area contributed by atoms with Crippen LogP contribution < -0.4 is 10.1 Å². The number of nitriles is 1. The molecule has 1 atom stereocenters. The number of rotatable bonds is 6. The first-order valence-corrected chi connectivity index (χ1v) is 7.90. The number of hydrogen-bond acceptors (Lipinski definition) is 6. The van der Waals surface area contributed by atoms with Crippen LogP contribution in [0.4, 0.5) is 5.69 Å². The van der Waals surface area contributed by atoms with Crippen LogP contribution in [0.25, 0.3) is 6.08 Å². The van der Waals surface area contributed by atoms with Crippen molar-refractivity contribution in [2.75, 3.05) is 12.4 Å². The molecule has 0 aliphatic heterocycles. The number of carbonyl (C=O) groups excluding carboxylic acids is 2. The summed E-state index contributed by atoms with van der Waals surface area (Å²) in [5, 5.41) is 14.3. The molecule has 1 aromatic carbocycles. The summed E-state index contributed by atoms with van der Waals surface area (Å²) in [7, 11) is 1.54. The second-order valence-electron chi connectivity index (χ2n) is 4.81. The number of benzene rings is 1. The van der Waals surface area contributed by atoms with Crippen molar-refractivity contribution in [1.29, 1.82) is 5.26 Å². The topological polar surface area (TPSA) is 92.1 Å². The monoisotopic (exact) mass is 341 g/mol. The highest BCUT2D eigenvalue weighted by molar-refractivity contribution is 7.09. The average molecular weight is 341 g/mol. The van der Waals surface area contributed by atoms with Crippen molar-refractivity contribution in [2.24, 2.45) is 5.92 Å². The minimum atomic E-state index is -1.41. The number of aryl methyl sites for hydroxylation is 1. The Morgan fingerprint density at radius 1 is 1.38 bits per heavy atom. The molecule has 0 aliphatic rings. The van der Waals surface area contributed by atoms with Crippen LogP contribution in [0.2, 0.25) is 0 Å². The highest BCUT2D eigenvalue weighted by atomic mass is 32.1. The third-order valence-corrected chi connectivity index (χ3v) is 3.88. The predicted octanol–water partition coefficient (Wildman–Crippen LogP) is 2.82. The first-order valence-electron chi connectivity index (χ1n) is 7.02. The zero-order chi connectivity index (χ0) is 17.5. The van der Waals surface area contributed by atoms with Gasteiger partial charge in [-0.25, -0.2) is 4.98 Å². The molecule has 0 spiro atoms. The molecule has 1 amide bonds. The van der Waals surface area contributed by atoms with Gasteiger partial charge in [0.1, 0.15) is 5.75 Å². The molecule has 1 heterocycles. The minimum Gasteiger partial charge on any atom is -0.497 e. The summed E-state index contributed by atoms with van der Waals surface area (Å²) in [4.78, 5) is 28.4. The van der Waals surface area contributed by atoms with Crippen molar-refractivity contribution in [3.63, 3.8) is 0 Å². The Bertz CT molecular complexity index is 803. The van der Waals surface area contributed by atoms with E-state index in [0.29, 0.717) is 17.1 Å². The standard InChI is InChI=1S/C17H15N3O3S/c1-11-19-13(10-24-11)5-8-16(21)15(9-18)17(22)20-12-3-6-14(23-2)7-4-12/h3-8,10,15H,1-2H3,(H,20,22). The van der Waals surface area contributed by atoms with E-state index in [1.165, 1.54) is 30.6 Å². The van der Waals surface area contributed by atoms with Crippen molar-refractivity contribution >= 4 is 34.8 Å². The molecular formula is C17H15N3O3S. The van der Waals surface area contributed by atoms with E-state index < -0.39 is 17.6 Å². The Hall–Kier alpha value is -2.98. The molecule has 6 nitrogen and oxygen atoms in total. The highest BCUT2D eigenvalue weighted by Crippen LogP contribution is 2.16. The number of nitrogens with zero attached hydrogens (tertiary/aromatic N) is 2. The maximum absolute atomic E-state index is 12.1. The van der Waals surface area contributed by atoms with Crippen LogP contribution in [0.5, 0.6) is 5.75 Å². The number of aromatic nitrogens is 1. The number of carbonyl (C=O) groups is 2. The Kier molecular flexibility index (Phi) is 5.82. The van der Waals surface area contributed by atoms with E-state index in [1.807, 2.05) is 6.92 Å². The molecular weight excluding hydrogens is 326 g/mol. The number of ether oxygens (including phenoxy) is 1. The normalized spacial score (nSPS) is 11.7. The van der Waals surface area contributed by atoms with Gasteiger partial charge in [0.15, 0.2) is 11.7 Å². The summed E-state index contributed by atoms with van der Waals surface area (Å²) in [5.74, 6) is -2.04. The lowest BCUT2D eigenvalue weighted by Crippen LogP contribution is -2.27. The number of hydrogen-bond donors (Lipinski definition) is 1. The molecule has 1 aromatic heterocycles. The van der Waals surface area contributed by atoms with E-state index in [1.54, 1.807) is 35.7 Å². The lowest BCUT2D eigenvalue weighted by Gasteiger charge is -2.08. The Balaban J connectivity index is 2.03. The lowest BCUT2D eigenvalue weighted by atomic mass is 10.0. The van der Waals surface area contributed by atoms with E-state index in [-0.39, 0.29) is 0 Å². The number of amides is 1. The molecule has 0 radical (unpaired) electrons. The second-order valence-corrected chi connectivity index (χ2v) is 5.87. The van der Waals surface area contributed by atoms with Gasteiger partial charge in [-0.3, -0.25) is 9.59 Å². The molecule has 0 saturated carbocycles. The molecule has 122 valence electrons. The van der Waals surface area contributed by atoms with Crippen molar-refractivity contribution in [2.45, 2.75) is 6.92 Å². The number of ketones is 1. The third-order valence-electron chi connectivity index (χ3n) is 3.09. The van der Waals surface area contributed by atoms with E-state index in [4.69, 9.17) is 10.00 Å².